The molecular weight excluding hydrogens is 365 g/mol. The van der Waals surface area contributed by atoms with Gasteiger partial charge in [-0.3, -0.25) is 10.2 Å². The number of carbonyl (C=O) groups excluding carboxylic acids is 1. The zero-order chi connectivity index (χ0) is 17.4. The zero-order valence-electron chi connectivity index (χ0n) is 13.4. The Hall–Kier alpha value is -1.70. The van der Waals surface area contributed by atoms with E-state index in [1.165, 1.54) is 23.5 Å². The molecule has 1 atom stereocenters. The molecule has 5 rings (SSSR count). The molecule has 8 heteroatoms. The summed E-state index contributed by atoms with van der Waals surface area (Å²) in [5.41, 5.74) is 2.32. The third-order valence-corrected chi connectivity index (χ3v) is 5.99. The first-order valence-electron chi connectivity index (χ1n) is 8.19. The number of amides is 1. The molecule has 0 aliphatic carbocycles. The number of carbonyl (C=O) groups is 1. The number of fused-ring (bicyclic) bond motifs is 3. The zero-order valence-corrected chi connectivity index (χ0v) is 14.9. The van der Waals surface area contributed by atoms with Crippen LogP contribution in [-0.2, 0) is 4.74 Å². The van der Waals surface area contributed by atoms with Gasteiger partial charge in [-0.1, -0.05) is 17.7 Å². The molecule has 0 unspecified atom stereocenters. The van der Waals surface area contributed by atoms with Crippen LogP contribution < -0.4 is 5.32 Å². The smallest absolute Gasteiger partial charge is 0.413 e. The lowest BCUT2D eigenvalue weighted by molar-refractivity contribution is -0.0290. The molecule has 0 radical (unpaired) electrons. The summed E-state index contributed by atoms with van der Waals surface area (Å²) < 4.78 is 19.0. The Morgan fingerprint density at radius 3 is 2.88 bits per heavy atom. The van der Waals surface area contributed by atoms with Crippen molar-refractivity contribution < 1.29 is 13.9 Å². The molecule has 4 heterocycles. The first-order chi connectivity index (χ1) is 12.1. The van der Waals surface area contributed by atoms with Gasteiger partial charge in [0.05, 0.1) is 15.4 Å². The molecule has 1 amide bonds. The first kappa shape index (κ1) is 16.8. The van der Waals surface area contributed by atoms with E-state index in [1.807, 2.05) is 0 Å². The summed E-state index contributed by atoms with van der Waals surface area (Å²) in [6.45, 7) is 2.98. The minimum absolute atomic E-state index is 0.0340. The monoisotopic (exact) mass is 381 g/mol. The van der Waals surface area contributed by atoms with Gasteiger partial charge >= 0.3 is 6.09 Å². The molecule has 1 aromatic carbocycles. The van der Waals surface area contributed by atoms with E-state index in [0.717, 1.165) is 32.5 Å². The van der Waals surface area contributed by atoms with Crippen LogP contribution in [0.2, 0.25) is 5.02 Å². The second-order valence-corrected chi connectivity index (χ2v) is 7.63. The van der Waals surface area contributed by atoms with Crippen molar-refractivity contribution in [2.75, 3.05) is 25.0 Å². The van der Waals surface area contributed by atoms with Crippen LogP contribution >= 0.6 is 22.9 Å². The van der Waals surface area contributed by atoms with Crippen molar-refractivity contribution >= 4 is 34.8 Å². The standard InChI is InChI=1S/C17H17ClFN3O2S/c18-12-7-11(1-2-13(12)19)15-16(20-9-25-15)21-17(23)24-14-8-22-5-3-10(14)4-6-22/h1-2,7,9-10,14H,3-6,8H2,(H,21,23)/t14-/m0/s1. The number of nitrogens with one attached hydrogen (secondary N) is 1. The molecule has 2 bridgehead atoms. The average Bonchev–Trinajstić information content (AvgIpc) is 3.06. The number of hydrogen-bond donors (Lipinski definition) is 1. The van der Waals surface area contributed by atoms with Gasteiger partial charge in [-0.05, 0) is 49.5 Å². The van der Waals surface area contributed by atoms with Gasteiger partial charge < -0.3 is 4.74 Å². The topological polar surface area (TPSA) is 54.5 Å². The van der Waals surface area contributed by atoms with E-state index >= 15 is 0 Å². The number of hydrogen-bond acceptors (Lipinski definition) is 5. The van der Waals surface area contributed by atoms with Crippen LogP contribution in [0.5, 0.6) is 0 Å². The van der Waals surface area contributed by atoms with E-state index in [9.17, 15) is 9.18 Å². The Kier molecular flexibility index (Phi) is 4.62. The summed E-state index contributed by atoms with van der Waals surface area (Å²) in [5.74, 6) is 0.367. The van der Waals surface area contributed by atoms with E-state index in [2.05, 4.69) is 15.2 Å². The number of anilines is 1. The van der Waals surface area contributed by atoms with E-state index in [0.29, 0.717) is 22.2 Å². The number of rotatable bonds is 3. The fourth-order valence-electron chi connectivity index (χ4n) is 3.49. The third kappa shape index (κ3) is 3.49. The third-order valence-electron chi connectivity index (χ3n) is 4.82. The first-order valence-corrected chi connectivity index (χ1v) is 9.45. The SMILES string of the molecule is O=C(Nc1ncsc1-c1ccc(F)c(Cl)c1)O[C@H]1CN2CCC1CC2. The van der Waals surface area contributed by atoms with Crippen LogP contribution in [0.3, 0.4) is 0 Å². The summed E-state index contributed by atoms with van der Waals surface area (Å²) in [6.07, 6.45) is 1.59. The molecule has 3 fully saturated rings. The highest BCUT2D eigenvalue weighted by Crippen LogP contribution is 2.34. The molecule has 0 saturated carbocycles. The number of piperidine rings is 3. The van der Waals surface area contributed by atoms with Crippen molar-refractivity contribution in [3.8, 4) is 10.4 Å². The van der Waals surface area contributed by atoms with Crippen LogP contribution in [0.15, 0.2) is 23.7 Å². The molecule has 25 heavy (non-hydrogen) atoms. The van der Waals surface area contributed by atoms with Crippen molar-refractivity contribution in [1.82, 2.24) is 9.88 Å². The summed E-state index contributed by atoms with van der Waals surface area (Å²) in [6, 6.07) is 4.43. The van der Waals surface area contributed by atoms with Gasteiger partial charge in [0.15, 0.2) is 5.82 Å². The Bertz CT molecular complexity index is 792. The van der Waals surface area contributed by atoms with Crippen LogP contribution in [0, 0.1) is 11.7 Å². The average molecular weight is 382 g/mol. The Morgan fingerprint density at radius 1 is 1.40 bits per heavy atom. The van der Waals surface area contributed by atoms with Crippen molar-refractivity contribution in [1.29, 1.82) is 0 Å². The Labute approximate surface area is 153 Å². The summed E-state index contributed by atoms with van der Waals surface area (Å²) in [7, 11) is 0. The maximum Gasteiger partial charge on any atom is 0.413 e. The minimum atomic E-state index is -0.501. The highest BCUT2D eigenvalue weighted by Gasteiger charge is 2.36. The fraction of sp³-hybridized carbons (Fsp3) is 0.412. The summed E-state index contributed by atoms with van der Waals surface area (Å²) in [5, 5.41) is 2.75. The fourth-order valence-corrected chi connectivity index (χ4v) is 4.41. The number of ether oxygens (including phenoxy) is 1. The molecule has 132 valence electrons. The number of nitrogens with zero attached hydrogens (tertiary/aromatic N) is 2. The number of benzene rings is 1. The lowest BCUT2D eigenvalue weighted by atomic mass is 9.86. The van der Waals surface area contributed by atoms with Crippen molar-refractivity contribution in [2.45, 2.75) is 18.9 Å². The normalized spacial score (nSPS) is 25.0. The lowest BCUT2D eigenvalue weighted by Gasteiger charge is -2.43. The maximum absolute atomic E-state index is 13.3. The van der Waals surface area contributed by atoms with E-state index < -0.39 is 11.9 Å². The van der Waals surface area contributed by atoms with Crippen molar-refractivity contribution in [3.63, 3.8) is 0 Å². The number of halogens is 2. The number of aromatic nitrogens is 1. The molecule has 5 nitrogen and oxygen atoms in total. The van der Waals surface area contributed by atoms with E-state index in [1.54, 1.807) is 11.6 Å². The molecular formula is C17H17ClFN3O2S. The van der Waals surface area contributed by atoms with Gasteiger partial charge in [0.2, 0.25) is 0 Å². The van der Waals surface area contributed by atoms with E-state index in [-0.39, 0.29) is 11.1 Å². The van der Waals surface area contributed by atoms with Crippen LogP contribution in [-0.4, -0.2) is 41.7 Å². The van der Waals surface area contributed by atoms with Gasteiger partial charge in [-0.2, -0.15) is 0 Å². The van der Waals surface area contributed by atoms with Crippen LogP contribution in [0.4, 0.5) is 15.0 Å². The molecule has 0 spiro atoms. The highest BCUT2D eigenvalue weighted by atomic mass is 35.5. The molecule has 3 saturated heterocycles. The van der Waals surface area contributed by atoms with Gasteiger partial charge in [0.25, 0.3) is 0 Å². The predicted molar refractivity (Wildman–Crippen MR) is 95.6 cm³/mol. The minimum Gasteiger partial charge on any atom is -0.444 e. The van der Waals surface area contributed by atoms with Crippen LogP contribution in [0.1, 0.15) is 12.8 Å². The van der Waals surface area contributed by atoms with Gasteiger partial charge in [-0.25, -0.2) is 14.2 Å². The summed E-state index contributed by atoms with van der Waals surface area (Å²) in [4.78, 5) is 19.5. The largest absolute Gasteiger partial charge is 0.444 e. The quantitative estimate of drug-likeness (QED) is 0.863. The molecule has 1 N–H and O–H groups in total. The number of thiazole rings is 1. The molecule has 1 aromatic heterocycles. The maximum atomic E-state index is 13.3. The molecule has 3 aliphatic heterocycles. The van der Waals surface area contributed by atoms with Gasteiger partial charge in [0, 0.05) is 6.54 Å². The van der Waals surface area contributed by atoms with Crippen LogP contribution in [0.25, 0.3) is 10.4 Å². The molecule has 2 aromatic rings. The van der Waals surface area contributed by atoms with Crippen molar-refractivity contribution in [3.05, 3.63) is 34.5 Å². The van der Waals surface area contributed by atoms with Gasteiger partial charge in [-0.15, -0.1) is 11.3 Å². The van der Waals surface area contributed by atoms with Gasteiger partial charge in [0.1, 0.15) is 11.9 Å². The predicted octanol–water partition coefficient (Wildman–Crippen LogP) is 4.25. The Balaban J connectivity index is 1.45. The van der Waals surface area contributed by atoms with E-state index in [4.69, 9.17) is 16.3 Å². The highest BCUT2D eigenvalue weighted by molar-refractivity contribution is 7.13. The summed E-state index contributed by atoms with van der Waals surface area (Å²) >= 11 is 7.19. The van der Waals surface area contributed by atoms with Crippen molar-refractivity contribution in [2.24, 2.45) is 5.92 Å². The lowest BCUT2D eigenvalue weighted by Crippen LogP contribution is -2.52. The Morgan fingerprint density at radius 2 is 2.20 bits per heavy atom. The second-order valence-electron chi connectivity index (χ2n) is 6.37. The second kappa shape index (κ2) is 6.90. The molecule has 3 aliphatic rings.